The second-order valence-corrected chi connectivity index (χ2v) is 6.40. The van der Waals surface area contributed by atoms with Crippen molar-refractivity contribution in [3.63, 3.8) is 0 Å². The van der Waals surface area contributed by atoms with Gasteiger partial charge in [0.15, 0.2) is 5.78 Å². The average molecular weight is 315 g/mol. The van der Waals surface area contributed by atoms with E-state index in [4.69, 9.17) is 0 Å². The number of hydrogen-bond acceptors (Lipinski definition) is 3. The summed E-state index contributed by atoms with van der Waals surface area (Å²) in [7, 11) is 0. The Kier molecular flexibility index (Phi) is 5.90. The fourth-order valence-corrected chi connectivity index (χ4v) is 3.29. The molecule has 0 aliphatic carbocycles. The van der Waals surface area contributed by atoms with E-state index in [1.807, 2.05) is 49.4 Å². The first-order valence-electron chi connectivity index (χ1n) is 7.54. The predicted octanol–water partition coefficient (Wildman–Crippen LogP) is 3.80. The summed E-state index contributed by atoms with van der Waals surface area (Å²) in [6, 6.07) is 13.7. The zero-order valence-corrected chi connectivity index (χ0v) is 13.8. The van der Waals surface area contributed by atoms with E-state index in [2.05, 4.69) is 5.32 Å². The van der Waals surface area contributed by atoms with Gasteiger partial charge in [-0.15, -0.1) is 11.3 Å². The highest BCUT2D eigenvalue weighted by atomic mass is 32.1. The van der Waals surface area contributed by atoms with Crippen LogP contribution >= 0.6 is 11.3 Å². The molecule has 3 nitrogen and oxygen atoms in total. The van der Waals surface area contributed by atoms with Gasteiger partial charge in [-0.25, -0.2) is 0 Å². The number of carbonyl (C=O) groups excluding carboxylic acids is 2. The van der Waals surface area contributed by atoms with Crippen LogP contribution in [0.3, 0.4) is 0 Å². The Balaban J connectivity index is 1.87. The molecule has 1 atom stereocenters. The highest BCUT2D eigenvalue weighted by Gasteiger charge is 2.17. The number of Topliss-reactive ketones (excluding diaryl/α,β-unsaturated/α-hetero) is 1. The summed E-state index contributed by atoms with van der Waals surface area (Å²) in [6.45, 7) is 4.19. The SMILES string of the molecule is CC[C@H](C(=O)NCCc1ccc(C(C)=O)s1)c1ccccc1. The molecule has 1 aromatic carbocycles. The van der Waals surface area contributed by atoms with E-state index in [1.165, 1.54) is 11.3 Å². The molecule has 0 unspecified atom stereocenters. The van der Waals surface area contributed by atoms with E-state index in [9.17, 15) is 9.59 Å². The maximum atomic E-state index is 12.3. The fraction of sp³-hybridized carbons (Fsp3) is 0.333. The summed E-state index contributed by atoms with van der Waals surface area (Å²) in [5.41, 5.74) is 1.05. The number of thiophene rings is 1. The van der Waals surface area contributed by atoms with Crippen molar-refractivity contribution in [3.05, 3.63) is 57.8 Å². The number of amides is 1. The van der Waals surface area contributed by atoms with Crippen LogP contribution in [0.25, 0.3) is 0 Å². The third-order valence-electron chi connectivity index (χ3n) is 3.61. The van der Waals surface area contributed by atoms with E-state index in [0.29, 0.717) is 6.54 Å². The van der Waals surface area contributed by atoms with Crippen LogP contribution in [0.4, 0.5) is 0 Å². The summed E-state index contributed by atoms with van der Waals surface area (Å²) < 4.78 is 0. The van der Waals surface area contributed by atoms with Gasteiger partial charge in [0, 0.05) is 11.4 Å². The second-order valence-electron chi connectivity index (χ2n) is 5.23. The molecule has 0 fully saturated rings. The smallest absolute Gasteiger partial charge is 0.227 e. The summed E-state index contributed by atoms with van der Waals surface area (Å²) in [6.07, 6.45) is 1.54. The summed E-state index contributed by atoms with van der Waals surface area (Å²) in [5.74, 6) is 0.0600. The molecule has 1 N–H and O–H groups in total. The van der Waals surface area contributed by atoms with Crippen LogP contribution in [0.1, 0.15) is 46.3 Å². The Morgan fingerprint density at radius 2 is 1.86 bits per heavy atom. The standard InChI is InChI=1S/C18H21NO2S/c1-3-16(14-7-5-4-6-8-14)18(21)19-12-11-15-9-10-17(22-15)13(2)20/h4-10,16H,3,11-12H2,1-2H3,(H,19,21)/t16-/m0/s1. The average Bonchev–Trinajstić information content (AvgIpc) is 2.98. The normalized spacial score (nSPS) is 11.9. The van der Waals surface area contributed by atoms with E-state index < -0.39 is 0 Å². The van der Waals surface area contributed by atoms with Crippen LogP contribution in [-0.4, -0.2) is 18.2 Å². The third kappa shape index (κ3) is 4.28. The minimum absolute atomic E-state index is 0.0667. The third-order valence-corrected chi connectivity index (χ3v) is 4.85. The topological polar surface area (TPSA) is 46.2 Å². The van der Waals surface area contributed by atoms with Crippen LogP contribution < -0.4 is 5.32 Å². The van der Waals surface area contributed by atoms with Gasteiger partial charge in [0.25, 0.3) is 0 Å². The number of carbonyl (C=O) groups is 2. The van der Waals surface area contributed by atoms with Gasteiger partial charge in [0.1, 0.15) is 0 Å². The van der Waals surface area contributed by atoms with Crippen molar-refractivity contribution in [2.75, 3.05) is 6.54 Å². The van der Waals surface area contributed by atoms with Crippen molar-refractivity contribution in [2.24, 2.45) is 0 Å². The maximum absolute atomic E-state index is 12.3. The molecule has 0 aliphatic heterocycles. The lowest BCUT2D eigenvalue weighted by atomic mass is 9.96. The molecular formula is C18H21NO2S. The van der Waals surface area contributed by atoms with Crippen molar-refractivity contribution < 1.29 is 9.59 Å². The number of ketones is 1. The van der Waals surface area contributed by atoms with Crippen molar-refractivity contribution in [1.29, 1.82) is 0 Å². The lowest BCUT2D eigenvalue weighted by Gasteiger charge is -2.15. The van der Waals surface area contributed by atoms with Crippen LogP contribution in [0.15, 0.2) is 42.5 Å². The zero-order chi connectivity index (χ0) is 15.9. The van der Waals surface area contributed by atoms with Gasteiger partial charge in [-0.05, 0) is 37.5 Å². The number of rotatable bonds is 7. The molecule has 0 aliphatic rings. The second kappa shape index (κ2) is 7.90. The van der Waals surface area contributed by atoms with E-state index in [-0.39, 0.29) is 17.6 Å². The quantitative estimate of drug-likeness (QED) is 0.790. The van der Waals surface area contributed by atoms with Gasteiger partial charge in [0.05, 0.1) is 10.8 Å². The summed E-state index contributed by atoms with van der Waals surface area (Å²) in [5, 5.41) is 3.00. The first-order chi connectivity index (χ1) is 10.6. The Morgan fingerprint density at radius 3 is 2.45 bits per heavy atom. The molecular weight excluding hydrogens is 294 g/mol. The summed E-state index contributed by atoms with van der Waals surface area (Å²) in [4.78, 5) is 25.5. The number of nitrogens with one attached hydrogen (secondary N) is 1. The molecule has 0 radical (unpaired) electrons. The van der Waals surface area contributed by atoms with Crippen LogP contribution in [0.5, 0.6) is 0 Å². The monoisotopic (exact) mass is 315 g/mol. The molecule has 0 saturated carbocycles. The molecule has 0 spiro atoms. The number of hydrogen-bond donors (Lipinski definition) is 1. The molecule has 1 amide bonds. The van der Waals surface area contributed by atoms with Crippen molar-refractivity contribution >= 4 is 23.0 Å². The van der Waals surface area contributed by atoms with Crippen LogP contribution in [0, 0.1) is 0 Å². The minimum Gasteiger partial charge on any atom is -0.355 e. The molecule has 116 valence electrons. The van der Waals surface area contributed by atoms with Gasteiger partial charge in [-0.2, -0.15) is 0 Å². The minimum atomic E-state index is -0.0997. The van der Waals surface area contributed by atoms with Crippen LogP contribution in [-0.2, 0) is 11.2 Å². The van der Waals surface area contributed by atoms with Gasteiger partial charge in [-0.1, -0.05) is 37.3 Å². The Morgan fingerprint density at radius 1 is 1.14 bits per heavy atom. The predicted molar refractivity (Wildman–Crippen MR) is 90.5 cm³/mol. The van der Waals surface area contributed by atoms with E-state index >= 15 is 0 Å². The lowest BCUT2D eigenvalue weighted by molar-refractivity contribution is -0.122. The molecule has 1 aromatic heterocycles. The highest BCUT2D eigenvalue weighted by Crippen LogP contribution is 2.20. The first-order valence-corrected chi connectivity index (χ1v) is 8.35. The Hall–Kier alpha value is -1.94. The molecule has 2 aromatic rings. The molecule has 4 heteroatoms. The Labute approximate surface area is 135 Å². The molecule has 22 heavy (non-hydrogen) atoms. The largest absolute Gasteiger partial charge is 0.355 e. The van der Waals surface area contributed by atoms with Gasteiger partial charge in [-0.3, -0.25) is 9.59 Å². The zero-order valence-electron chi connectivity index (χ0n) is 13.0. The van der Waals surface area contributed by atoms with Crippen molar-refractivity contribution in [3.8, 4) is 0 Å². The van der Waals surface area contributed by atoms with Crippen molar-refractivity contribution in [1.82, 2.24) is 5.32 Å². The molecule has 0 bridgehead atoms. The van der Waals surface area contributed by atoms with Gasteiger partial charge in [0.2, 0.25) is 5.91 Å². The lowest BCUT2D eigenvalue weighted by Crippen LogP contribution is -2.30. The fourth-order valence-electron chi connectivity index (χ4n) is 2.39. The molecule has 2 rings (SSSR count). The summed E-state index contributed by atoms with van der Waals surface area (Å²) >= 11 is 1.50. The van der Waals surface area contributed by atoms with Gasteiger partial charge < -0.3 is 5.32 Å². The van der Waals surface area contributed by atoms with E-state index in [0.717, 1.165) is 28.2 Å². The highest BCUT2D eigenvalue weighted by molar-refractivity contribution is 7.14. The molecule has 1 heterocycles. The molecule has 0 saturated heterocycles. The number of benzene rings is 1. The first kappa shape index (κ1) is 16.4. The maximum Gasteiger partial charge on any atom is 0.227 e. The van der Waals surface area contributed by atoms with Crippen LogP contribution in [0.2, 0.25) is 0 Å². The van der Waals surface area contributed by atoms with Gasteiger partial charge >= 0.3 is 0 Å². The van der Waals surface area contributed by atoms with Crippen molar-refractivity contribution in [2.45, 2.75) is 32.6 Å². The van der Waals surface area contributed by atoms with E-state index in [1.54, 1.807) is 6.92 Å². The Bertz CT molecular complexity index is 634.